The largest absolute Gasteiger partial charge is 0.355 e. The minimum absolute atomic E-state index is 0.0289. The van der Waals surface area contributed by atoms with E-state index in [-0.39, 0.29) is 23.2 Å². The summed E-state index contributed by atoms with van der Waals surface area (Å²) < 4.78 is 13.0. The lowest BCUT2D eigenvalue weighted by atomic mass is 9.95. The molecule has 21 heavy (non-hydrogen) atoms. The fraction of sp³-hybridized carbons (Fsp3) is 0.588. The minimum atomic E-state index is -0.214. The number of nitrogens with two attached hydrogens (primary N) is 1. The zero-order valence-electron chi connectivity index (χ0n) is 12.3. The maximum absolute atomic E-state index is 13.0. The SMILES string of the molecule is N[C@@H]1CCC[C@H]1CC(=O)NCC1(c2ccc(F)cc2)CC1. The topological polar surface area (TPSA) is 55.1 Å². The van der Waals surface area contributed by atoms with Crippen molar-refractivity contribution in [3.05, 3.63) is 35.6 Å². The summed E-state index contributed by atoms with van der Waals surface area (Å²) in [4.78, 5) is 12.1. The van der Waals surface area contributed by atoms with E-state index in [0.717, 1.165) is 37.7 Å². The molecule has 2 fully saturated rings. The average Bonchev–Trinajstić information content (AvgIpc) is 3.16. The molecule has 2 atom stereocenters. The lowest BCUT2D eigenvalue weighted by molar-refractivity contribution is -0.122. The van der Waals surface area contributed by atoms with Crippen LogP contribution >= 0.6 is 0 Å². The van der Waals surface area contributed by atoms with E-state index < -0.39 is 0 Å². The molecule has 0 spiro atoms. The molecular weight excluding hydrogens is 267 g/mol. The fourth-order valence-corrected chi connectivity index (χ4v) is 3.42. The van der Waals surface area contributed by atoms with Crippen LogP contribution in [-0.4, -0.2) is 18.5 Å². The van der Waals surface area contributed by atoms with Crippen molar-refractivity contribution in [2.75, 3.05) is 6.54 Å². The standard InChI is InChI=1S/C17H23FN2O/c18-14-6-4-13(5-7-14)17(8-9-17)11-20-16(21)10-12-2-1-3-15(12)19/h4-7,12,15H,1-3,8-11,19H2,(H,20,21)/t12-,15+/m0/s1. The third kappa shape index (κ3) is 3.26. The number of benzene rings is 1. The molecule has 0 aliphatic heterocycles. The monoisotopic (exact) mass is 290 g/mol. The van der Waals surface area contributed by atoms with Crippen LogP contribution in [0.15, 0.2) is 24.3 Å². The van der Waals surface area contributed by atoms with E-state index in [1.54, 1.807) is 0 Å². The molecule has 3 N–H and O–H groups in total. The van der Waals surface area contributed by atoms with Crippen LogP contribution in [0.25, 0.3) is 0 Å². The highest BCUT2D eigenvalue weighted by Gasteiger charge is 2.44. The van der Waals surface area contributed by atoms with Gasteiger partial charge in [0.15, 0.2) is 0 Å². The first-order valence-electron chi connectivity index (χ1n) is 7.87. The van der Waals surface area contributed by atoms with Gasteiger partial charge in [0.05, 0.1) is 0 Å². The van der Waals surface area contributed by atoms with E-state index in [1.165, 1.54) is 12.1 Å². The van der Waals surface area contributed by atoms with Gasteiger partial charge >= 0.3 is 0 Å². The van der Waals surface area contributed by atoms with Crippen LogP contribution in [0, 0.1) is 11.7 Å². The van der Waals surface area contributed by atoms with Gasteiger partial charge in [-0.05, 0) is 49.3 Å². The quantitative estimate of drug-likeness (QED) is 0.875. The number of carbonyl (C=O) groups excluding carboxylic acids is 1. The summed E-state index contributed by atoms with van der Waals surface area (Å²) in [7, 11) is 0. The molecule has 3 rings (SSSR count). The number of nitrogens with one attached hydrogen (secondary N) is 1. The highest BCUT2D eigenvalue weighted by atomic mass is 19.1. The summed E-state index contributed by atoms with van der Waals surface area (Å²) in [6.45, 7) is 0.652. The van der Waals surface area contributed by atoms with Crippen molar-refractivity contribution in [2.24, 2.45) is 11.7 Å². The van der Waals surface area contributed by atoms with E-state index in [9.17, 15) is 9.18 Å². The van der Waals surface area contributed by atoms with Crippen LogP contribution in [0.2, 0.25) is 0 Å². The average molecular weight is 290 g/mol. The zero-order valence-corrected chi connectivity index (χ0v) is 12.3. The highest BCUT2D eigenvalue weighted by Crippen LogP contribution is 2.47. The fourth-order valence-electron chi connectivity index (χ4n) is 3.42. The molecule has 1 aromatic rings. The Balaban J connectivity index is 1.52. The van der Waals surface area contributed by atoms with Gasteiger partial charge in [-0.1, -0.05) is 18.6 Å². The van der Waals surface area contributed by atoms with Crippen molar-refractivity contribution in [3.63, 3.8) is 0 Å². The normalized spacial score (nSPS) is 26.6. The second-order valence-electron chi connectivity index (χ2n) is 6.62. The zero-order chi connectivity index (χ0) is 14.9. The van der Waals surface area contributed by atoms with Gasteiger partial charge in [0.2, 0.25) is 5.91 Å². The number of rotatable bonds is 5. The van der Waals surface area contributed by atoms with Gasteiger partial charge in [-0.15, -0.1) is 0 Å². The summed E-state index contributed by atoms with van der Waals surface area (Å²) in [5.74, 6) is 0.227. The maximum Gasteiger partial charge on any atom is 0.220 e. The van der Waals surface area contributed by atoms with Crippen LogP contribution < -0.4 is 11.1 Å². The third-order valence-corrected chi connectivity index (χ3v) is 5.10. The second kappa shape index (κ2) is 5.76. The van der Waals surface area contributed by atoms with Crippen molar-refractivity contribution >= 4 is 5.91 Å². The number of amides is 1. The number of carbonyl (C=O) groups is 1. The Morgan fingerprint density at radius 1 is 1.29 bits per heavy atom. The lowest BCUT2D eigenvalue weighted by Gasteiger charge is -2.19. The number of hydrogen-bond acceptors (Lipinski definition) is 2. The first kappa shape index (κ1) is 14.5. The molecule has 2 aliphatic carbocycles. The van der Waals surface area contributed by atoms with Crippen LogP contribution in [0.1, 0.15) is 44.1 Å². The van der Waals surface area contributed by atoms with E-state index in [1.807, 2.05) is 12.1 Å². The van der Waals surface area contributed by atoms with Crippen molar-refractivity contribution in [3.8, 4) is 0 Å². The second-order valence-corrected chi connectivity index (χ2v) is 6.62. The first-order valence-corrected chi connectivity index (χ1v) is 7.87. The van der Waals surface area contributed by atoms with Gasteiger partial charge in [-0.3, -0.25) is 4.79 Å². The third-order valence-electron chi connectivity index (χ3n) is 5.10. The van der Waals surface area contributed by atoms with E-state index >= 15 is 0 Å². The van der Waals surface area contributed by atoms with Crippen LogP contribution in [-0.2, 0) is 10.2 Å². The summed E-state index contributed by atoms with van der Waals surface area (Å²) in [5.41, 5.74) is 7.17. The van der Waals surface area contributed by atoms with Crippen LogP contribution in [0.4, 0.5) is 4.39 Å². The summed E-state index contributed by atoms with van der Waals surface area (Å²) in [6.07, 6.45) is 5.90. The molecule has 1 amide bonds. The van der Waals surface area contributed by atoms with Crippen molar-refractivity contribution in [1.82, 2.24) is 5.32 Å². The lowest BCUT2D eigenvalue weighted by Crippen LogP contribution is -2.35. The van der Waals surface area contributed by atoms with Gasteiger partial charge in [0.25, 0.3) is 0 Å². The van der Waals surface area contributed by atoms with Gasteiger partial charge < -0.3 is 11.1 Å². The molecule has 0 aromatic heterocycles. The summed E-state index contributed by atoms with van der Waals surface area (Å²) in [5, 5.41) is 3.06. The van der Waals surface area contributed by atoms with Crippen LogP contribution in [0.5, 0.6) is 0 Å². The molecule has 0 heterocycles. The Labute approximate surface area is 125 Å². The predicted octanol–water partition coefficient (Wildman–Crippen LogP) is 2.49. The van der Waals surface area contributed by atoms with Gasteiger partial charge in [0, 0.05) is 24.4 Å². The summed E-state index contributed by atoms with van der Waals surface area (Å²) >= 11 is 0. The molecule has 3 nitrogen and oxygen atoms in total. The molecular formula is C17H23FN2O. The predicted molar refractivity (Wildman–Crippen MR) is 80.3 cm³/mol. The van der Waals surface area contributed by atoms with Crippen molar-refractivity contribution in [2.45, 2.75) is 50.0 Å². The van der Waals surface area contributed by atoms with Gasteiger partial charge in [0.1, 0.15) is 5.82 Å². The van der Waals surface area contributed by atoms with E-state index in [0.29, 0.717) is 18.9 Å². The van der Waals surface area contributed by atoms with Crippen molar-refractivity contribution in [1.29, 1.82) is 0 Å². The Bertz CT molecular complexity index is 510. The molecule has 0 bridgehead atoms. The molecule has 114 valence electrons. The molecule has 2 saturated carbocycles. The van der Waals surface area contributed by atoms with Crippen LogP contribution in [0.3, 0.4) is 0 Å². The number of hydrogen-bond donors (Lipinski definition) is 2. The molecule has 0 unspecified atom stereocenters. The minimum Gasteiger partial charge on any atom is -0.355 e. The Morgan fingerprint density at radius 3 is 2.57 bits per heavy atom. The summed E-state index contributed by atoms with van der Waals surface area (Å²) in [6, 6.07) is 6.84. The van der Waals surface area contributed by atoms with Gasteiger partial charge in [-0.25, -0.2) is 4.39 Å². The first-order chi connectivity index (χ1) is 10.1. The van der Waals surface area contributed by atoms with E-state index in [4.69, 9.17) is 5.73 Å². The Morgan fingerprint density at radius 2 is 2.00 bits per heavy atom. The van der Waals surface area contributed by atoms with Gasteiger partial charge in [-0.2, -0.15) is 0 Å². The smallest absolute Gasteiger partial charge is 0.220 e. The van der Waals surface area contributed by atoms with Crippen molar-refractivity contribution < 1.29 is 9.18 Å². The number of halogens is 1. The molecule has 4 heteroatoms. The Kier molecular flexibility index (Phi) is 3.98. The molecule has 1 aromatic carbocycles. The molecule has 0 saturated heterocycles. The highest BCUT2D eigenvalue weighted by molar-refractivity contribution is 5.76. The maximum atomic E-state index is 13.0. The molecule has 0 radical (unpaired) electrons. The van der Waals surface area contributed by atoms with E-state index in [2.05, 4.69) is 5.32 Å². The Hall–Kier alpha value is -1.42. The molecule has 2 aliphatic rings.